The van der Waals surface area contributed by atoms with Crippen molar-refractivity contribution in [3.05, 3.63) is 35.4 Å². The third-order valence-electron chi connectivity index (χ3n) is 3.33. The lowest BCUT2D eigenvalue weighted by molar-refractivity contribution is 0.145. The Morgan fingerprint density at radius 1 is 1.33 bits per heavy atom. The molecule has 3 N–H and O–H groups in total. The van der Waals surface area contributed by atoms with E-state index in [1.165, 1.54) is 17.5 Å². The standard InChI is InChI=1S/C13H19NO/c14-9-13(15)8-10-5-6-11-3-1-2-4-12(11)7-10/h1-4,10,13,15H,5-9,14H2. The molecule has 1 aliphatic rings. The van der Waals surface area contributed by atoms with Gasteiger partial charge in [-0.1, -0.05) is 24.3 Å². The molecule has 2 heteroatoms. The van der Waals surface area contributed by atoms with E-state index >= 15 is 0 Å². The summed E-state index contributed by atoms with van der Waals surface area (Å²) < 4.78 is 0. The Morgan fingerprint density at radius 3 is 2.80 bits per heavy atom. The van der Waals surface area contributed by atoms with Crippen LogP contribution in [0.25, 0.3) is 0 Å². The maximum absolute atomic E-state index is 9.53. The average molecular weight is 205 g/mol. The summed E-state index contributed by atoms with van der Waals surface area (Å²) in [7, 11) is 0. The van der Waals surface area contributed by atoms with Crippen molar-refractivity contribution in [1.29, 1.82) is 0 Å². The predicted octanol–water partition coefficient (Wildman–Crippen LogP) is 1.50. The van der Waals surface area contributed by atoms with Crippen LogP contribution < -0.4 is 5.73 Å². The van der Waals surface area contributed by atoms with Crippen molar-refractivity contribution in [2.45, 2.75) is 31.8 Å². The average Bonchev–Trinajstić information content (AvgIpc) is 2.29. The zero-order chi connectivity index (χ0) is 10.7. The van der Waals surface area contributed by atoms with Crippen LogP contribution in [0.1, 0.15) is 24.0 Å². The lowest BCUT2D eigenvalue weighted by Crippen LogP contribution is -2.25. The van der Waals surface area contributed by atoms with E-state index in [2.05, 4.69) is 24.3 Å². The van der Waals surface area contributed by atoms with Gasteiger partial charge in [0.25, 0.3) is 0 Å². The van der Waals surface area contributed by atoms with Crippen molar-refractivity contribution in [2.75, 3.05) is 6.54 Å². The largest absolute Gasteiger partial charge is 0.392 e. The van der Waals surface area contributed by atoms with Crippen molar-refractivity contribution < 1.29 is 5.11 Å². The third kappa shape index (κ3) is 2.58. The quantitative estimate of drug-likeness (QED) is 0.785. The Bertz CT molecular complexity index is 324. The minimum Gasteiger partial charge on any atom is -0.392 e. The van der Waals surface area contributed by atoms with Crippen LogP contribution in [0.5, 0.6) is 0 Å². The summed E-state index contributed by atoms with van der Waals surface area (Å²) in [4.78, 5) is 0. The van der Waals surface area contributed by atoms with Gasteiger partial charge in [0.05, 0.1) is 6.10 Å². The second-order valence-corrected chi connectivity index (χ2v) is 4.50. The lowest BCUT2D eigenvalue weighted by atomic mass is 9.81. The second kappa shape index (κ2) is 4.77. The Morgan fingerprint density at radius 2 is 2.07 bits per heavy atom. The van der Waals surface area contributed by atoms with E-state index in [0.29, 0.717) is 12.5 Å². The van der Waals surface area contributed by atoms with Gasteiger partial charge in [0, 0.05) is 6.54 Å². The fraction of sp³-hybridized carbons (Fsp3) is 0.538. The molecule has 2 rings (SSSR count). The zero-order valence-electron chi connectivity index (χ0n) is 9.02. The molecule has 0 amide bonds. The van der Waals surface area contributed by atoms with Gasteiger partial charge in [0.1, 0.15) is 0 Å². The number of hydrogen-bond acceptors (Lipinski definition) is 2. The molecular formula is C13H19NO. The highest BCUT2D eigenvalue weighted by Crippen LogP contribution is 2.27. The molecule has 0 radical (unpaired) electrons. The molecule has 2 atom stereocenters. The molecule has 0 heterocycles. The molecule has 0 fully saturated rings. The first-order valence-corrected chi connectivity index (χ1v) is 5.74. The third-order valence-corrected chi connectivity index (χ3v) is 3.33. The summed E-state index contributed by atoms with van der Waals surface area (Å²) in [5.41, 5.74) is 8.37. The van der Waals surface area contributed by atoms with Gasteiger partial charge in [-0.25, -0.2) is 0 Å². The van der Waals surface area contributed by atoms with Crippen LogP contribution in [0.2, 0.25) is 0 Å². The first kappa shape index (κ1) is 10.7. The van der Waals surface area contributed by atoms with Crippen LogP contribution in [0, 0.1) is 5.92 Å². The van der Waals surface area contributed by atoms with Crippen LogP contribution in [-0.2, 0) is 12.8 Å². The van der Waals surface area contributed by atoms with Crippen molar-refractivity contribution in [3.63, 3.8) is 0 Å². The molecular weight excluding hydrogens is 186 g/mol. The molecule has 2 nitrogen and oxygen atoms in total. The minimum atomic E-state index is -0.319. The van der Waals surface area contributed by atoms with Gasteiger partial charge in [-0.15, -0.1) is 0 Å². The van der Waals surface area contributed by atoms with Crippen LogP contribution in [0.3, 0.4) is 0 Å². The summed E-state index contributed by atoms with van der Waals surface area (Å²) >= 11 is 0. The summed E-state index contributed by atoms with van der Waals surface area (Å²) in [5, 5.41) is 9.53. The smallest absolute Gasteiger partial charge is 0.0665 e. The molecule has 0 saturated carbocycles. The number of benzene rings is 1. The molecule has 1 aromatic carbocycles. The molecule has 15 heavy (non-hydrogen) atoms. The summed E-state index contributed by atoms with van der Waals surface area (Å²) in [5.74, 6) is 0.610. The number of aryl methyl sites for hydroxylation is 1. The number of aliphatic hydroxyl groups excluding tert-OH is 1. The molecule has 0 aliphatic heterocycles. The Balaban J connectivity index is 1.99. The van der Waals surface area contributed by atoms with Crippen molar-refractivity contribution in [3.8, 4) is 0 Å². The van der Waals surface area contributed by atoms with E-state index in [0.717, 1.165) is 19.3 Å². The highest BCUT2D eigenvalue weighted by molar-refractivity contribution is 5.29. The van der Waals surface area contributed by atoms with Crippen LogP contribution >= 0.6 is 0 Å². The summed E-state index contributed by atoms with van der Waals surface area (Å²) in [6.45, 7) is 0.387. The van der Waals surface area contributed by atoms with Crippen LogP contribution in [0.15, 0.2) is 24.3 Å². The topological polar surface area (TPSA) is 46.2 Å². The Hall–Kier alpha value is -0.860. The molecule has 0 spiro atoms. The van der Waals surface area contributed by atoms with E-state index in [4.69, 9.17) is 5.73 Å². The SMILES string of the molecule is NCC(O)CC1CCc2ccccc2C1. The lowest BCUT2D eigenvalue weighted by Gasteiger charge is -2.25. The normalized spacial score (nSPS) is 22.1. The molecule has 0 bridgehead atoms. The van der Waals surface area contributed by atoms with E-state index in [-0.39, 0.29) is 6.10 Å². The monoisotopic (exact) mass is 205 g/mol. The highest BCUT2D eigenvalue weighted by atomic mass is 16.3. The highest BCUT2D eigenvalue weighted by Gasteiger charge is 2.20. The number of aliphatic hydroxyl groups is 1. The van der Waals surface area contributed by atoms with E-state index in [9.17, 15) is 5.11 Å². The molecule has 0 saturated heterocycles. The van der Waals surface area contributed by atoms with Crippen molar-refractivity contribution in [2.24, 2.45) is 11.7 Å². The van der Waals surface area contributed by atoms with E-state index in [1.54, 1.807) is 0 Å². The number of fused-ring (bicyclic) bond motifs is 1. The number of nitrogens with two attached hydrogens (primary N) is 1. The van der Waals surface area contributed by atoms with Gasteiger partial charge in [0.15, 0.2) is 0 Å². The van der Waals surface area contributed by atoms with Gasteiger partial charge < -0.3 is 10.8 Å². The zero-order valence-corrected chi connectivity index (χ0v) is 9.02. The maximum Gasteiger partial charge on any atom is 0.0665 e. The molecule has 0 aromatic heterocycles. The van der Waals surface area contributed by atoms with Gasteiger partial charge in [0.2, 0.25) is 0 Å². The first-order chi connectivity index (χ1) is 7.29. The van der Waals surface area contributed by atoms with Gasteiger partial charge in [-0.3, -0.25) is 0 Å². The second-order valence-electron chi connectivity index (χ2n) is 4.50. The summed E-state index contributed by atoms with van der Waals surface area (Å²) in [6.07, 6.45) is 3.98. The Labute approximate surface area is 91.1 Å². The van der Waals surface area contributed by atoms with E-state index in [1.807, 2.05) is 0 Å². The predicted molar refractivity (Wildman–Crippen MR) is 61.6 cm³/mol. The van der Waals surface area contributed by atoms with Gasteiger partial charge >= 0.3 is 0 Å². The molecule has 82 valence electrons. The minimum absolute atomic E-state index is 0.319. The van der Waals surface area contributed by atoms with Crippen LogP contribution in [0.4, 0.5) is 0 Å². The summed E-state index contributed by atoms with van der Waals surface area (Å²) in [6, 6.07) is 8.62. The van der Waals surface area contributed by atoms with E-state index < -0.39 is 0 Å². The first-order valence-electron chi connectivity index (χ1n) is 5.74. The number of hydrogen-bond donors (Lipinski definition) is 2. The number of rotatable bonds is 3. The molecule has 2 unspecified atom stereocenters. The Kier molecular flexibility index (Phi) is 3.39. The fourth-order valence-electron chi connectivity index (χ4n) is 2.46. The van der Waals surface area contributed by atoms with Crippen LogP contribution in [-0.4, -0.2) is 17.8 Å². The molecule has 1 aliphatic carbocycles. The van der Waals surface area contributed by atoms with Gasteiger partial charge in [-0.2, -0.15) is 0 Å². The van der Waals surface area contributed by atoms with Gasteiger partial charge in [-0.05, 0) is 42.7 Å². The maximum atomic E-state index is 9.53. The fourth-order valence-corrected chi connectivity index (χ4v) is 2.46. The van der Waals surface area contributed by atoms with Crippen molar-refractivity contribution in [1.82, 2.24) is 0 Å². The molecule has 1 aromatic rings. The van der Waals surface area contributed by atoms with Crippen molar-refractivity contribution >= 4 is 0 Å².